The van der Waals surface area contributed by atoms with Crippen molar-refractivity contribution in [3.8, 4) is 5.75 Å². The molecule has 0 radical (unpaired) electrons. The molecular formula is C12H19NO2S. The number of unbranched alkanes of at least 4 members (excludes halogenated alkanes) is 2. The molecule has 0 amide bonds. The van der Waals surface area contributed by atoms with Crippen molar-refractivity contribution in [1.29, 1.82) is 0 Å². The van der Waals surface area contributed by atoms with Crippen molar-refractivity contribution >= 4 is 10.8 Å². The van der Waals surface area contributed by atoms with Gasteiger partial charge in [0.25, 0.3) is 0 Å². The van der Waals surface area contributed by atoms with Crippen molar-refractivity contribution < 1.29 is 8.95 Å². The predicted molar refractivity (Wildman–Crippen MR) is 67.2 cm³/mol. The maximum absolute atomic E-state index is 11.8. The van der Waals surface area contributed by atoms with Gasteiger partial charge < -0.3 is 10.5 Å². The van der Waals surface area contributed by atoms with E-state index in [9.17, 15) is 4.21 Å². The molecule has 0 saturated heterocycles. The SMILES string of the molecule is COc1ccc(S(=O)CCCCCN)cc1. The van der Waals surface area contributed by atoms with E-state index in [1.165, 1.54) is 0 Å². The average Bonchev–Trinajstić information content (AvgIpc) is 2.34. The van der Waals surface area contributed by atoms with Gasteiger partial charge in [-0.25, -0.2) is 0 Å². The number of hydrogen-bond donors (Lipinski definition) is 1. The molecule has 1 aromatic carbocycles. The van der Waals surface area contributed by atoms with Crippen molar-refractivity contribution in [2.75, 3.05) is 19.4 Å². The summed E-state index contributed by atoms with van der Waals surface area (Å²) < 4.78 is 16.9. The van der Waals surface area contributed by atoms with Crippen LogP contribution in [0.1, 0.15) is 19.3 Å². The van der Waals surface area contributed by atoms with Crippen LogP contribution >= 0.6 is 0 Å². The molecule has 0 aromatic heterocycles. The molecule has 0 heterocycles. The average molecular weight is 241 g/mol. The molecule has 0 aliphatic carbocycles. The van der Waals surface area contributed by atoms with E-state index < -0.39 is 10.8 Å². The van der Waals surface area contributed by atoms with E-state index in [0.29, 0.717) is 5.75 Å². The van der Waals surface area contributed by atoms with Crippen LogP contribution in [-0.4, -0.2) is 23.6 Å². The smallest absolute Gasteiger partial charge is 0.118 e. The first-order chi connectivity index (χ1) is 7.77. The molecule has 0 bridgehead atoms. The number of rotatable bonds is 7. The minimum absolute atomic E-state index is 0.715. The van der Waals surface area contributed by atoms with Crippen molar-refractivity contribution in [1.82, 2.24) is 0 Å². The molecule has 0 aliphatic rings. The Hall–Kier alpha value is -0.870. The molecule has 1 aromatic rings. The molecule has 1 atom stereocenters. The molecular weight excluding hydrogens is 222 g/mol. The summed E-state index contributed by atoms with van der Waals surface area (Å²) in [5, 5.41) is 0. The Bertz CT molecular complexity index is 324. The molecule has 90 valence electrons. The van der Waals surface area contributed by atoms with Crippen LogP contribution in [-0.2, 0) is 10.8 Å². The fourth-order valence-electron chi connectivity index (χ4n) is 1.40. The number of methoxy groups -OCH3 is 1. The van der Waals surface area contributed by atoms with Crippen LogP contribution in [0.15, 0.2) is 29.2 Å². The van der Waals surface area contributed by atoms with Crippen LogP contribution in [0.25, 0.3) is 0 Å². The van der Waals surface area contributed by atoms with Gasteiger partial charge in [-0.15, -0.1) is 0 Å². The van der Waals surface area contributed by atoms with Gasteiger partial charge in [-0.3, -0.25) is 4.21 Å². The number of benzene rings is 1. The summed E-state index contributed by atoms with van der Waals surface area (Å²) in [6.07, 6.45) is 3.04. The Morgan fingerprint density at radius 3 is 2.44 bits per heavy atom. The van der Waals surface area contributed by atoms with Crippen LogP contribution in [0.2, 0.25) is 0 Å². The van der Waals surface area contributed by atoms with Gasteiger partial charge in [0.2, 0.25) is 0 Å². The van der Waals surface area contributed by atoms with Gasteiger partial charge in [-0.05, 0) is 43.7 Å². The second-order valence-corrected chi connectivity index (χ2v) is 5.15. The molecule has 1 rings (SSSR count). The van der Waals surface area contributed by atoms with E-state index in [1.807, 2.05) is 24.3 Å². The fraction of sp³-hybridized carbons (Fsp3) is 0.500. The van der Waals surface area contributed by atoms with E-state index in [1.54, 1.807) is 7.11 Å². The highest BCUT2D eigenvalue weighted by Crippen LogP contribution is 2.15. The first kappa shape index (κ1) is 13.2. The van der Waals surface area contributed by atoms with E-state index in [0.717, 1.165) is 36.5 Å². The third kappa shape index (κ3) is 4.33. The lowest BCUT2D eigenvalue weighted by molar-refractivity contribution is 0.414. The highest BCUT2D eigenvalue weighted by Gasteiger charge is 2.03. The predicted octanol–water partition coefficient (Wildman–Crippen LogP) is 1.93. The summed E-state index contributed by atoms with van der Waals surface area (Å²) in [6, 6.07) is 7.40. The van der Waals surface area contributed by atoms with Crippen LogP contribution in [0.4, 0.5) is 0 Å². The zero-order valence-electron chi connectivity index (χ0n) is 9.65. The Morgan fingerprint density at radius 1 is 1.19 bits per heavy atom. The summed E-state index contributed by atoms with van der Waals surface area (Å²) in [5.41, 5.74) is 5.40. The van der Waals surface area contributed by atoms with Crippen LogP contribution in [0.3, 0.4) is 0 Å². The lowest BCUT2D eigenvalue weighted by Gasteiger charge is -2.03. The molecule has 16 heavy (non-hydrogen) atoms. The minimum atomic E-state index is -0.894. The monoisotopic (exact) mass is 241 g/mol. The lowest BCUT2D eigenvalue weighted by Crippen LogP contribution is -2.01. The number of nitrogens with two attached hydrogens (primary N) is 1. The van der Waals surface area contributed by atoms with Gasteiger partial charge >= 0.3 is 0 Å². The zero-order chi connectivity index (χ0) is 11.8. The van der Waals surface area contributed by atoms with Gasteiger partial charge in [0.05, 0.1) is 17.9 Å². The third-order valence-electron chi connectivity index (χ3n) is 2.36. The maximum atomic E-state index is 11.8. The molecule has 4 heteroatoms. The first-order valence-electron chi connectivity index (χ1n) is 5.50. The molecule has 0 aliphatic heterocycles. The van der Waals surface area contributed by atoms with Crippen molar-refractivity contribution in [2.45, 2.75) is 24.2 Å². The Kier molecular flexibility index (Phi) is 6.11. The molecule has 0 fully saturated rings. The normalized spacial score (nSPS) is 12.4. The molecule has 0 spiro atoms. The van der Waals surface area contributed by atoms with E-state index in [-0.39, 0.29) is 0 Å². The standard InChI is InChI=1S/C12H19NO2S/c1-15-11-5-7-12(8-6-11)16(14)10-4-2-3-9-13/h5-8H,2-4,9-10,13H2,1H3. The second kappa shape index (κ2) is 7.41. The van der Waals surface area contributed by atoms with Crippen LogP contribution in [0, 0.1) is 0 Å². The van der Waals surface area contributed by atoms with Crippen LogP contribution < -0.4 is 10.5 Å². The summed E-state index contributed by atoms with van der Waals surface area (Å²) in [4.78, 5) is 0.869. The summed E-state index contributed by atoms with van der Waals surface area (Å²) in [6.45, 7) is 0.717. The third-order valence-corrected chi connectivity index (χ3v) is 3.81. The van der Waals surface area contributed by atoms with Gasteiger partial charge in [-0.1, -0.05) is 6.42 Å². The van der Waals surface area contributed by atoms with Crippen LogP contribution in [0.5, 0.6) is 5.75 Å². The Labute approximate surface area is 99.4 Å². The molecule has 2 N–H and O–H groups in total. The summed E-state index contributed by atoms with van der Waals surface area (Å²) in [5.74, 6) is 1.51. The topological polar surface area (TPSA) is 52.3 Å². The number of hydrogen-bond acceptors (Lipinski definition) is 3. The van der Waals surface area contributed by atoms with Crippen molar-refractivity contribution in [2.24, 2.45) is 5.73 Å². The van der Waals surface area contributed by atoms with Gasteiger partial charge in [-0.2, -0.15) is 0 Å². The van der Waals surface area contributed by atoms with Gasteiger partial charge in [0, 0.05) is 10.6 Å². The molecule has 1 unspecified atom stereocenters. The van der Waals surface area contributed by atoms with Gasteiger partial charge in [0.15, 0.2) is 0 Å². The summed E-state index contributed by atoms with van der Waals surface area (Å²) >= 11 is 0. The molecule has 3 nitrogen and oxygen atoms in total. The fourth-order valence-corrected chi connectivity index (χ4v) is 2.54. The largest absolute Gasteiger partial charge is 0.497 e. The van der Waals surface area contributed by atoms with E-state index in [4.69, 9.17) is 10.5 Å². The minimum Gasteiger partial charge on any atom is -0.497 e. The highest BCUT2D eigenvalue weighted by atomic mass is 32.2. The quantitative estimate of drug-likeness (QED) is 0.742. The first-order valence-corrected chi connectivity index (χ1v) is 6.82. The second-order valence-electron chi connectivity index (χ2n) is 3.57. The zero-order valence-corrected chi connectivity index (χ0v) is 10.5. The summed E-state index contributed by atoms with van der Waals surface area (Å²) in [7, 11) is 0.730. The van der Waals surface area contributed by atoms with Gasteiger partial charge in [0.1, 0.15) is 5.75 Å². The number of ether oxygens (including phenoxy) is 1. The molecule has 0 saturated carbocycles. The maximum Gasteiger partial charge on any atom is 0.118 e. The van der Waals surface area contributed by atoms with E-state index >= 15 is 0 Å². The Balaban J connectivity index is 2.40. The Morgan fingerprint density at radius 2 is 1.88 bits per heavy atom. The highest BCUT2D eigenvalue weighted by molar-refractivity contribution is 7.85. The van der Waals surface area contributed by atoms with Crippen molar-refractivity contribution in [3.05, 3.63) is 24.3 Å². The van der Waals surface area contributed by atoms with E-state index in [2.05, 4.69) is 0 Å². The lowest BCUT2D eigenvalue weighted by atomic mass is 10.2. The van der Waals surface area contributed by atoms with Crippen molar-refractivity contribution in [3.63, 3.8) is 0 Å².